The summed E-state index contributed by atoms with van der Waals surface area (Å²) >= 11 is 4.79. The fourth-order valence-electron chi connectivity index (χ4n) is 2.43. The highest BCUT2D eigenvalue weighted by atomic mass is 79.9. The van der Waals surface area contributed by atoms with Crippen LogP contribution in [0.3, 0.4) is 0 Å². The van der Waals surface area contributed by atoms with Gasteiger partial charge in [0.1, 0.15) is 11.3 Å². The van der Waals surface area contributed by atoms with Crippen molar-refractivity contribution in [1.29, 1.82) is 0 Å². The molecule has 3 rings (SSSR count). The Balaban J connectivity index is 1.50. The maximum Gasteiger partial charge on any atom is 0.240 e. The number of piperazine rings is 1. The molecule has 0 atom stereocenters. The quantitative estimate of drug-likeness (QED) is 0.848. The highest BCUT2D eigenvalue weighted by molar-refractivity contribution is 9.10. The maximum absolute atomic E-state index is 12.0. The highest BCUT2D eigenvalue weighted by Crippen LogP contribution is 2.20. The molecule has 2 aromatic heterocycles. The Bertz CT molecular complexity index is 672. The lowest BCUT2D eigenvalue weighted by molar-refractivity contribution is -0.117. The molecule has 0 spiro atoms. The molecular formula is C14H17BrN6OS. The van der Waals surface area contributed by atoms with E-state index in [9.17, 15) is 4.79 Å². The normalized spacial score (nSPS) is 15.7. The van der Waals surface area contributed by atoms with Crippen LogP contribution in [0.5, 0.6) is 0 Å². The number of aromatic nitrogens is 3. The SMILES string of the molecule is Cc1nc(N2CCN(CC(=O)Nc3nncs3)CC2)ccc1Br. The summed E-state index contributed by atoms with van der Waals surface area (Å²) in [7, 11) is 0. The third kappa shape index (κ3) is 4.24. The summed E-state index contributed by atoms with van der Waals surface area (Å²) in [5.41, 5.74) is 2.59. The van der Waals surface area contributed by atoms with Crippen molar-refractivity contribution in [3.8, 4) is 0 Å². The van der Waals surface area contributed by atoms with Crippen molar-refractivity contribution in [3.05, 3.63) is 27.8 Å². The minimum Gasteiger partial charge on any atom is -0.354 e. The molecule has 1 fully saturated rings. The summed E-state index contributed by atoms with van der Waals surface area (Å²) in [4.78, 5) is 21.0. The van der Waals surface area contributed by atoms with Crippen molar-refractivity contribution in [2.45, 2.75) is 6.92 Å². The molecule has 0 unspecified atom stereocenters. The van der Waals surface area contributed by atoms with Gasteiger partial charge < -0.3 is 4.90 Å². The van der Waals surface area contributed by atoms with Gasteiger partial charge in [0.25, 0.3) is 0 Å². The lowest BCUT2D eigenvalue weighted by Crippen LogP contribution is -2.49. The standard InChI is InChI=1S/C14H17BrN6OS/c1-10-11(15)2-3-12(17-10)21-6-4-20(5-7-21)8-13(22)18-14-19-16-9-23-14/h2-3,9H,4-8H2,1H3,(H,18,19,22). The number of aryl methyl sites for hydroxylation is 1. The number of hydrogen-bond acceptors (Lipinski definition) is 7. The molecule has 0 bridgehead atoms. The van der Waals surface area contributed by atoms with Crippen molar-refractivity contribution in [1.82, 2.24) is 20.1 Å². The van der Waals surface area contributed by atoms with Gasteiger partial charge in [0.05, 0.1) is 12.2 Å². The summed E-state index contributed by atoms with van der Waals surface area (Å²) in [6.45, 7) is 5.75. The third-order valence-electron chi connectivity index (χ3n) is 3.68. The summed E-state index contributed by atoms with van der Waals surface area (Å²) in [5.74, 6) is 0.941. The fourth-order valence-corrected chi connectivity index (χ4v) is 3.11. The first-order chi connectivity index (χ1) is 11.1. The summed E-state index contributed by atoms with van der Waals surface area (Å²) in [6, 6.07) is 4.05. The molecule has 0 aromatic carbocycles. The van der Waals surface area contributed by atoms with E-state index in [-0.39, 0.29) is 5.91 Å². The zero-order valence-corrected chi connectivity index (χ0v) is 15.1. The number of pyridine rings is 1. The first-order valence-electron chi connectivity index (χ1n) is 7.28. The minimum atomic E-state index is -0.0483. The minimum absolute atomic E-state index is 0.0483. The predicted molar refractivity (Wildman–Crippen MR) is 93.9 cm³/mol. The Kier molecular flexibility index (Phi) is 5.19. The monoisotopic (exact) mass is 396 g/mol. The molecule has 1 aliphatic heterocycles. The summed E-state index contributed by atoms with van der Waals surface area (Å²) in [5, 5.41) is 10.8. The molecule has 3 heterocycles. The van der Waals surface area contributed by atoms with Crippen molar-refractivity contribution in [3.63, 3.8) is 0 Å². The van der Waals surface area contributed by atoms with Gasteiger partial charge in [-0.3, -0.25) is 15.0 Å². The van der Waals surface area contributed by atoms with Crippen LogP contribution < -0.4 is 10.2 Å². The lowest BCUT2D eigenvalue weighted by Gasteiger charge is -2.35. The van der Waals surface area contributed by atoms with Gasteiger partial charge in [0, 0.05) is 30.7 Å². The Labute approximate surface area is 146 Å². The van der Waals surface area contributed by atoms with Crippen LogP contribution in [-0.2, 0) is 4.79 Å². The second kappa shape index (κ2) is 7.33. The number of rotatable bonds is 4. The molecule has 7 nitrogen and oxygen atoms in total. The van der Waals surface area contributed by atoms with E-state index in [2.05, 4.69) is 46.2 Å². The molecule has 1 saturated heterocycles. The predicted octanol–water partition coefficient (Wildman–Crippen LogP) is 1.76. The van der Waals surface area contributed by atoms with Gasteiger partial charge in [0.2, 0.25) is 11.0 Å². The number of halogens is 1. The zero-order valence-electron chi connectivity index (χ0n) is 12.7. The molecule has 1 aliphatic rings. The van der Waals surface area contributed by atoms with Gasteiger partial charge in [0.15, 0.2) is 0 Å². The molecule has 0 radical (unpaired) electrons. The van der Waals surface area contributed by atoms with E-state index < -0.39 is 0 Å². The van der Waals surface area contributed by atoms with E-state index in [0.717, 1.165) is 42.2 Å². The van der Waals surface area contributed by atoms with Crippen LogP contribution in [0, 0.1) is 6.92 Å². The van der Waals surface area contributed by atoms with Gasteiger partial charge in [-0.2, -0.15) is 0 Å². The average molecular weight is 397 g/mol. The molecule has 122 valence electrons. The van der Waals surface area contributed by atoms with Crippen molar-refractivity contribution >= 4 is 44.1 Å². The number of nitrogens with zero attached hydrogens (tertiary/aromatic N) is 5. The van der Waals surface area contributed by atoms with Gasteiger partial charge in [-0.25, -0.2) is 4.98 Å². The number of anilines is 2. The number of carbonyl (C=O) groups is 1. The van der Waals surface area contributed by atoms with E-state index in [1.807, 2.05) is 19.1 Å². The second-order valence-corrected chi connectivity index (χ2v) is 6.98. The van der Waals surface area contributed by atoms with E-state index in [1.54, 1.807) is 5.51 Å². The van der Waals surface area contributed by atoms with Crippen molar-refractivity contribution < 1.29 is 4.79 Å². The number of nitrogens with one attached hydrogen (secondary N) is 1. The molecule has 1 amide bonds. The first kappa shape index (κ1) is 16.3. The Hall–Kier alpha value is -1.58. The van der Waals surface area contributed by atoms with Crippen LogP contribution in [0.2, 0.25) is 0 Å². The van der Waals surface area contributed by atoms with Gasteiger partial charge in [-0.05, 0) is 35.0 Å². The number of hydrogen-bond donors (Lipinski definition) is 1. The molecule has 0 saturated carbocycles. The maximum atomic E-state index is 12.0. The van der Waals surface area contributed by atoms with Gasteiger partial charge >= 0.3 is 0 Å². The zero-order chi connectivity index (χ0) is 16.2. The molecule has 2 aromatic rings. The fraction of sp³-hybridized carbons (Fsp3) is 0.429. The Morgan fingerprint density at radius 3 is 2.78 bits per heavy atom. The Morgan fingerprint density at radius 2 is 2.13 bits per heavy atom. The Morgan fingerprint density at radius 1 is 1.35 bits per heavy atom. The van der Waals surface area contributed by atoms with Crippen LogP contribution in [0.25, 0.3) is 0 Å². The number of amides is 1. The molecule has 9 heteroatoms. The summed E-state index contributed by atoms with van der Waals surface area (Å²) < 4.78 is 1.02. The van der Waals surface area contributed by atoms with Crippen LogP contribution >= 0.6 is 27.3 Å². The van der Waals surface area contributed by atoms with Gasteiger partial charge in [-0.15, -0.1) is 10.2 Å². The van der Waals surface area contributed by atoms with E-state index in [4.69, 9.17) is 0 Å². The lowest BCUT2D eigenvalue weighted by atomic mass is 10.3. The third-order valence-corrected chi connectivity index (χ3v) is 5.12. The van der Waals surface area contributed by atoms with Gasteiger partial charge in [-0.1, -0.05) is 11.3 Å². The average Bonchev–Trinajstić information content (AvgIpc) is 3.03. The van der Waals surface area contributed by atoms with Crippen LogP contribution in [0.4, 0.5) is 10.9 Å². The topological polar surface area (TPSA) is 74.2 Å². The largest absolute Gasteiger partial charge is 0.354 e. The van der Waals surface area contributed by atoms with E-state index >= 15 is 0 Å². The van der Waals surface area contributed by atoms with E-state index in [1.165, 1.54) is 11.3 Å². The highest BCUT2D eigenvalue weighted by Gasteiger charge is 2.20. The van der Waals surface area contributed by atoms with Crippen molar-refractivity contribution in [2.75, 3.05) is 42.9 Å². The molecule has 23 heavy (non-hydrogen) atoms. The molecular weight excluding hydrogens is 380 g/mol. The van der Waals surface area contributed by atoms with Crippen molar-refractivity contribution in [2.24, 2.45) is 0 Å². The van der Waals surface area contributed by atoms with E-state index in [0.29, 0.717) is 11.7 Å². The van der Waals surface area contributed by atoms with Crippen LogP contribution in [0.1, 0.15) is 5.69 Å². The second-order valence-electron chi connectivity index (χ2n) is 5.29. The first-order valence-corrected chi connectivity index (χ1v) is 8.95. The van der Waals surface area contributed by atoms with Crippen LogP contribution in [-0.4, -0.2) is 58.7 Å². The number of carbonyl (C=O) groups excluding carboxylic acids is 1. The van der Waals surface area contributed by atoms with Crippen LogP contribution in [0.15, 0.2) is 22.1 Å². The summed E-state index contributed by atoms with van der Waals surface area (Å²) in [6.07, 6.45) is 0. The molecule has 1 N–H and O–H groups in total. The molecule has 0 aliphatic carbocycles. The smallest absolute Gasteiger partial charge is 0.240 e.